The highest BCUT2D eigenvalue weighted by molar-refractivity contribution is 5.69. The third kappa shape index (κ3) is 2.85. The summed E-state index contributed by atoms with van der Waals surface area (Å²) in [5.41, 5.74) is 0.583. The molecule has 0 saturated carbocycles. The number of carbonyl (C=O) groups is 1. The summed E-state index contributed by atoms with van der Waals surface area (Å²) >= 11 is 0. The van der Waals surface area contributed by atoms with Crippen molar-refractivity contribution in [1.82, 2.24) is 9.88 Å². The molecule has 4 nitrogen and oxygen atoms in total. The molecule has 104 valence electrons. The molecule has 1 aliphatic heterocycles. The number of carbonyl (C=O) groups excluding carboxylic acids is 1. The van der Waals surface area contributed by atoms with E-state index >= 15 is 0 Å². The number of fused-ring (bicyclic) bond motifs is 1. The van der Waals surface area contributed by atoms with Crippen LogP contribution in [-0.4, -0.2) is 28.1 Å². The maximum Gasteiger partial charge on any atom is 0.410 e. The summed E-state index contributed by atoms with van der Waals surface area (Å²) in [6, 6.07) is 3.32. The molecule has 19 heavy (non-hydrogen) atoms. The van der Waals surface area contributed by atoms with Gasteiger partial charge in [0, 0.05) is 6.20 Å². The van der Waals surface area contributed by atoms with Crippen molar-refractivity contribution in [2.75, 3.05) is 6.54 Å². The molecular weight excluding hydrogens is 247 g/mol. The van der Waals surface area contributed by atoms with Gasteiger partial charge in [-0.1, -0.05) is 6.07 Å². The summed E-state index contributed by atoms with van der Waals surface area (Å²) in [6.07, 6.45) is -0.182. The van der Waals surface area contributed by atoms with Gasteiger partial charge in [-0.3, -0.25) is 9.88 Å². The largest absolute Gasteiger partial charge is 0.444 e. The fraction of sp³-hybridized carbons (Fsp3) is 0.571. The van der Waals surface area contributed by atoms with Gasteiger partial charge in [0.15, 0.2) is 6.17 Å². The molecule has 0 bridgehead atoms. The molecule has 1 aromatic heterocycles. The minimum absolute atomic E-state index is 0.0138. The summed E-state index contributed by atoms with van der Waals surface area (Å²) < 4.78 is 19.4. The standard InChI is InChI=1S/C14H19FN2O2/c1-9-10-6-5-7-16-12(10)11(15)8-17(9)13(18)19-14(2,3)4/h5-7,9,11H,8H2,1-4H3. The van der Waals surface area contributed by atoms with Crippen molar-refractivity contribution in [3.05, 3.63) is 29.6 Å². The topological polar surface area (TPSA) is 42.4 Å². The molecule has 2 rings (SSSR count). The van der Waals surface area contributed by atoms with Crippen LogP contribution >= 0.6 is 0 Å². The fourth-order valence-electron chi connectivity index (χ4n) is 2.18. The first-order valence-electron chi connectivity index (χ1n) is 6.38. The molecule has 0 spiro atoms. The van der Waals surface area contributed by atoms with Crippen LogP contribution in [0.3, 0.4) is 0 Å². The van der Waals surface area contributed by atoms with Crippen LogP contribution in [0.5, 0.6) is 0 Å². The van der Waals surface area contributed by atoms with Gasteiger partial charge in [-0.15, -0.1) is 0 Å². The Labute approximate surface area is 112 Å². The number of aromatic nitrogens is 1. The number of ether oxygens (including phenoxy) is 1. The second kappa shape index (κ2) is 4.79. The summed E-state index contributed by atoms with van der Waals surface area (Å²) in [6.45, 7) is 7.22. The number of nitrogens with zero attached hydrogens (tertiary/aromatic N) is 2. The molecule has 0 fully saturated rings. The van der Waals surface area contributed by atoms with Crippen LogP contribution in [0.2, 0.25) is 0 Å². The molecule has 2 atom stereocenters. The monoisotopic (exact) mass is 266 g/mol. The van der Waals surface area contributed by atoms with Gasteiger partial charge in [0.1, 0.15) is 5.60 Å². The van der Waals surface area contributed by atoms with Crippen LogP contribution in [0.15, 0.2) is 18.3 Å². The van der Waals surface area contributed by atoms with Crippen LogP contribution in [0.4, 0.5) is 9.18 Å². The zero-order valence-corrected chi connectivity index (χ0v) is 11.7. The normalized spacial score (nSPS) is 22.9. The SMILES string of the molecule is CC1c2cccnc2C(F)CN1C(=O)OC(C)(C)C. The second-order valence-electron chi connectivity index (χ2n) is 5.75. The molecule has 2 unspecified atom stereocenters. The molecule has 5 heteroatoms. The van der Waals surface area contributed by atoms with Gasteiger partial charge in [0.2, 0.25) is 0 Å². The molecule has 0 saturated heterocycles. The van der Waals surface area contributed by atoms with Gasteiger partial charge in [-0.2, -0.15) is 0 Å². The zero-order chi connectivity index (χ0) is 14.2. The van der Waals surface area contributed by atoms with E-state index < -0.39 is 17.9 Å². The number of hydrogen-bond donors (Lipinski definition) is 0. The van der Waals surface area contributed by atoms with E-state index in [9.17, 15) is 9.18 Å². The zero-order valence-electron chi connectivity index (χ0n) is 11.7. The average Bonchev–Trinajstić information content (AvgIpc) is 2.31. The Balaban J connectivity index is 2.25. The maximum atomic E-state index is 14.1. The Morgan fingerprint density at radius 1 is 1.53 bits per heavy atom. The summed E-state index contributed by atoms with van der Waals surface area (Å²) in [4.78, 5) is 17.6. The lowest BCUT2D eigenvalue weighted by Gasteiger charge is -2.37. The highest BCUT2D eigenvalue weighted by atomic mass is 19.1. The highest BCUT2D eigenvalue weighted by Gasteiger charge is 2.36. The molecule has 0 aromatic carbocycles. The van der Waals surface area contributed by atoms with Gasteiger partial charge in [-0.25, -0.2) is 9.18 Å². The highest BCUT2D eigenvalue weighted by Crippen LogP contribution is 2.35. The minimum atomic E-state index is -1.26. The maximum absolute atomic E-state index is 14.1. The number of alkyl halides is 1. The molecular formula is C14H19FN2O2. The van der Waals surface area contributed by atoms with E-state index in [2.05, 4.69) is 4.98 Å². The van der Waals surface area contributed by atoms with Gasteiger partial charge in [0.05, 0.1) is 18.3 Å². The number of rotatable bonds is 0. The van der Waals surface area contributed by atoms with E-state index in [0.717, 1.165) is 5.56 Å². The quantitative estimate of drug-likeness (QED) is 0.722. The third-order valence-electron chi connectivity index (χ3n) is 3.07. The van der Waals surface area contributed by atoms with E-state index in [1.807, 2.05) is 6.92 Å². The summed E-state index contributed by atoms with van der Waals surface area (Å²) in [5, 5.41) is 0. The number of pyridine rings is 1. The molecule has 1 amide bonds. The minimum Gasteiger partial charge on any atom is -0.444 e. The lowest BCUT2D eigenvalue weighted by Crippen LogP contribution is -2.43. The van der Waals surface area contributed by atoms with Crippen LogP contribution in [0, 0.1) is 0 Å². The lowest BCUT2D eigenvalue weighted by molar-refractivity contribution is 0.00786. The molecule has 0 aliphatic carbocycles. The second-order valence-corrected chi connectivity index (χ2v) is 5.75. The Hall–Kier alpha value is -1.65. The summed E-state index contributed by atoms with van der Waals surface area (Å²) in [5.74, 6) is 0. The van der Waals surface area contributed by atoms with Gasteiger partial charge in [0.25, 0.3) is 0 Å². The molecule has 0 radical (unpaired) electrons. The van der Waals surface area contributed by atoms with E-state index in [0.29, 0.717) is 5.69 Å². The third-order valence-corrected chi connectivity index (χ3v) is 3.07. The number of halogens is 1. The first-order valence-corrected chi connectivity index (χ1v) is 6.38. The van der Waals surface area contributed by atoms with Gasteiger partial charge in [-0.05, 0) is 39.3 Å². The van der Waals surface area contributed by atoms with Gasteiger partial charge >= 0.3 is 6.09 Å². The van der Waals surface area contributed by atoms with E-state index in [1.54, 1.807) is 39.1 Å². The van der Waals surface area contributed by atoms with Crippen molar-refractivity contribution in [2.24, 2.45) is 0 Å². The van der Waals surface area contributed by atoms with E-state index in [1.165, 1.54) is 4.90 Å². The van der Waals surface area contributed by atoms with E-state index in [4.69, 9.17) is 4.74 Å². The van der Waals surface area contributed by atoms with Crippen LogP contribution in [0.25, 0.3) is 0 Å². The van der Waals surface area contributed by atoms with Gasteiger partial charge < -0.3 is 4.74 Å². The smallest absolute Gasteiger partial charge is 0.410 e. The first-order chi connectivity index (χ1) is 8.79. The predicted molar refractivity (Wildman–Crippen MR) is 69.4 cm³/mol. The Kier molecular flexibility index (Phi) is 3.47. The molecule has 2 heterocycles. The number of hydrogen-bond acceptors (Lipinski definition) is 3. The van der Waals surface area contributed by atoms with Crippen molar-refractivity contribution in [2.45, 2.75) is 45.5 Å². The molecule has 1 aromatic rings. The van der Waals surface area contributed by atoms with Crippen LogP contribution in [-0.2, 0) is 4.74 Å². The van der Waals surface area contributed by atoms with Crippen molar-refractivity contribution >= 4 is 6.09 Å². The van der Waals surface area contributed by atoms with Crippen molar-refractivity contribution in [1.29, 1.82) is 0 Å². The van der Waals surface area contributed by atoms with Crippen LogP contribution < -0.4 is 0 Å². The molecule has 1 aliphatic rings. The predicted octanol–water partition coefficient (Wildman–Crippen LogP) is 3.40. The van der Waals surface area contributed by atoms with Crippen molar-refractivity contribution in [3.8, 4) is 0 Å². The Morgan fingerprint density at radius 2 is 2.21 bits per heavy atom. The average molecular weight is 266 g/mol. The Morgan fingerprint density at radius 3 is 2.84 bits per heavy atom. The Bertz CT molecular complexity index is 485. The van der Waals surface area contributed by atoms with Crippen molar-refractivity contribution in [3.63, 3.8) is 0 Å². The molecule has 0 N–H and O–H groups in total. The van der Waals surface area contributed by atoms with Crippen molar-refractivity contribution < 1.29 is 13.9 Å². The fourth-order valence-corrected chi connectivity index (χ4v) is 2.18. The summed E-state index contributed by atoms with van der Waals surface area (Å²) in [7, 11) is 0. The number of amides is 1. The van der Waals surface area contributed by atoms with Crippen LogP contribution in [0.1, 0.15) is 51.2 Å². The lowest BCUT2D eigenvalue weighted by atomic mass is 9.97. The first kappa shape index (κ1) is 13.8. The van der Waals surface area contributed by atoms with E-state index in [-0.39, 0.29) is 12.6 Å².